The van der Waals surface area contributed by atoms with Crippen molar-refractivity contribution < 1.29 is 18.3 Å². The van der Waals surface area contributed by atoms with E-state index in [-0.39, 0.29) is 35.6 Å². The van der Waals surface area contributed by atoms with Crippen molar-refractivity contribution in [3.8, 4) is 5.75 Å². The van der Waals surface area contributed by atoms with Crippen molar-refractivity contribution >= 4 is 35.8 Å². The Morgan fingerprint density at radius 3 is 2.67 bits per heavy atom. The molecule has 1 aliphatic rings. The molecule has 0 unspecified atom stereocenters. The van der Waals surface area contributed by atoms with Crippen LogP contribution in [0.1, 0.15) is 44.6 Å². The van der Waals surface area contributed by atoms with Gasteiger partial charge in [-0.25, -0.2) is 0 Å². The molecule has 0 aromatic heterocycles. The van der Waals surface area contributed by atoms with Gasteiger partial charge < -0.3 is 19.9 Å². The Balaban J connectivity index is 0.00000450. The number of hydrogen-bond acceptors (Lipinski definition) is 3. The average Bonchev–Trinajstić information content (AvgIpc) is 2.89. The molecule has 9 heteroatoms. The number of nitrogens with zero attached hydrogens (tertiary/aromatic N) is 3. The third-order valence-electron chi connectivity index (χ3n) is 4.78. The molecule has 6 nitrogen and oxygen atoms in total. The number of carbonyl (C=O) groups excluding carboxylic acids is 1. The number of nitrogens with one attached hydrogen (secondary N) is 1. The maximum atomic E-state index is 12.3. The van der Waals surface area contributed by atoms with Gasteiger partial charge in [0.15, 0.2) is 5.96 Å². The Hall–Kier alpha value is -1.65. The van der Waals surface area contributed by atoms with Crippen molar-refractivity contribution in [1.29, 1.82) is 0 Å². The molecule has 0 bridgehead atoms. The predicted octanol–water partition coefficient (Wildman–Crippen LogP) is 4.10. The number of hydrogen-bond donors (Lipinski definition) is 1. The van der Waals surface area contributed by atoms with Gasteiger partial charge in [-0.2, -0.15) is 8.78 Å². The third kappa shape index (κ3) is 9.44. The fraction of sp³-hybridized carbons (Fsp3) is 0.619. The van der Waals surface area contributed by atoms with Gasteiger partial charge in [-0.1, -0.05) is 18.6 Å². The van der Waals surface area contributed by atoms with Crippen LogP contribution in [0.25, 0.3) is 0 Å². The summed E-state index contributed by atoms with van der Waals surface area (Å²) in [6.07, 6.45) is 4.70. The molecular weight excluding hydrogens is 505 g/mol. The minimum atomic E-state index is -2.82. The van der Waals surface area contributed by atoms with Crippen molar-refractivity contribution in [2.75, 3.05) is 33.2 Å². The number of rotatable bonds is 9. The number of aliphatic imine (C=N–C) groups is 1. The fourth-order valence-electron chi connectivity index (χ4n) is 3.32. The first kappa shape index (κ1) is 26.4. The second-order valence-electron chi connectivity index (χ2n) is 7.16. The number of guanidine groups is 1. The summed E-state index contributed by atoms with van der Waals surface area (Å²) < 4.78 is 28.9. The largest absolute Gasteiger partial charge is 0.435 e. The molecule has 0 atom stereocenters. The van der Waals surface area contributed by atoms with E-state index in [1.807, 2.05) is 23.8 Å². The predicted molar refractivity (Wildman–Crippen MR) is 126 cm³/mol. The lowest BCUT2D eigenvalue weighted by Gasteiger charge is -2.23. The number of benzene rings is 1. The molecule has 1 fully saturated rings. The first-order valence-corrected chi connectivity index (χ1v) is 10.3. The molecule has 0 radical (unpaired) electrons. The smallest absolute Gasteiger partial charge is 0.387 e. The second-order valence-corrected chi connectivity index (χ2v) is 7.16. The van der Waals surface area contributed by atoms with E-state index in [1.165, 1.54) is 12.1 Å². The molecule has 1 amide bonds. The molecule has 1 saturated heterocycles. The standard InChI is InChI=1S/C21H32F2N4O2.HI/c1-3-24-21(25-13-7-15-27-14-6-4-5-8-19(27)28)26(2)16-17-9-11-18(12-10-17)29-20(22)23;/h9-12,20H,3-8,13-16H2,1-2H3,(H,24,25);1H. The lowest BCUT2D eigenvalue weighted by atomic mass is 10.2. The third-order valence-corrected chi connectivity index (χ3v) is 4.78. The van der Waals surface area contributed by atoms with Gasteiger partial charge in [-0.05, 0) is 43.9 Å². The lowest BCUT2D eigenvalue weighted by molar-refractivity contribution is -0.130. The Morgan fingerprint density at radius 2 is 2.00 bits per heavy atom. The first-order chi connectivity index (χ1) is 14.0. The molecule has 1 heterocycles. The van der Waals surface area contributed by atoms with E-state index >= 15 is 0 Å². The highest BCUT2D eigenvalue weighted by Crippen LogP contribution is 2.16. The van der Waals surface area contributed by atoms with Crippen LogP contribution in [0, 0.1) is 0 Å². The summed E-state index contributed by atoms with van der Waals surface area (Å²) in [6, 6.07) is 6.61. The highest BCUT2D eigenvalue weighted by Gasteiger charge is 2.15. The molecule has 1 aromatic rings. The van der Waals surface area contributed by atoms with E-state index in [2.05, 4.69) is 15.0 Å². The summed E-state index contributed by atoms with van der Waals surface area (Å²) in [5.74, 6) is 1.19. The van der Waals surface area contributed by atoms with Crippen LogP contribution in [-0.2, 0) is 11.3 Å². The zero-order valence-electron chi connectivity index (χ0n) is 17.8. The van der Waals surface area contributed by atoms with Crippen LogP contribution in [-0.4, -0.2) is 61.5 Å². The van der Waals surface area contributed by atoms with E-state index in [0.717, 1.165) is 56.8 Å². The molecule has 170 valence electrons. The van der Waals surface area contributed by atoms with E-state index in [9.17, 15) is 13.6 Å². The first-order valence-electron chi connectivity index (χ1n) is 10.3. The SMILES string of the molecule is CCNC(=NCCCN1CCCCCC1=O)N(C)Cc1ccc(OC(F)F)cc1.I. The summed E-state index contributed by atoms with van der Waals surface area (Å²) >= 11 is 0. The Labute approximate surface area is 195 Å². The summed E-state index contributed by atoms with van der Waals surface area (Å²) in [6.45, 7) is 2.76. The summed E-state index contributed by atoms with van der Waals surface area (Å²) in [4.78, 5) is 20.7. The van der Waals surface area contributed by atoms with Crippen LogP contribution in [0.5, 0.6) is 5.75 Å². The number of amides is 1. The number of ether oxygens (including phenoxy) is 1. The summed E-state index contributed by atoms with van der Waals surface area (Å²) in [5.41, 5.74) is 0.967. The molecule has 0 saturated carbocycles. The van der Waals surface area contributed by atoms with Crippen molar-refractivity contribution in [2.45, 2.75) is 52.2 Å². The Kier molecular flexibility index (Phi) is 12.6. The molecule has 1 aromatic carbocycles. The van der Waals surface area contributed by atoms with Crippen molar-refractivity contribution in [2.24, 2.45) is 4.99 Å². The minimum absolute atomic E-state index is 0. The van der Waals surface area contributed by atoms with Crippen molar-refractivity contribution in [1.82, 2.24) is 15.1 Å². The van der Waals surface area contributed by atoms with Gasteiger partial charge in [0.1, 0.15) is 5.75 Å². The van der Waals surface area contributed by atoms with Crippen LogP contribution in [0.2, 0.25) is 0 Å². The number of likely N-dealkylation sites (tertiary alicyclic amines) is 1. The van der Waals surface area contributed by atoms with Crippen LogP contribution >= 0.6 is 24.0 Å². The number of carbonyl (C=O) groups is 1. The normalized spacial score (nSPS) is 14.9. The minimum Gasteiger partial charge on any atom is -0.435 e. The lowest BCUT2D eigenvalue weighted by Crippen LogP contribution is -2.38. The quantitative estimate of drug-likeness (QED) is 0.223. The topological polar surface area (TPSA) is 57.2 Å². The zero-order valence-corrected chi connectivity index (χ0v) is 20.1. The van der Waals surface area contributed by atoms with Crippen LogP contribution < -0.4 is 10.1 Å². The van der Waals surface area contributed by atoms with Gasteiger partial charge in [0, 0.05) is 46.2 Å². The Morgan fingerprint density at radius 1 is 1.27 bits per heavy atom. The highest BCUT2D eigenvalue weighted by molar-refractivity contribution is 14.0. The van der Waals surface area contributed by atoms with Crippen LogP contribution in [0.15, 0.2) is 29.3 Å². The van der Waals surface area contributed by atoms with Gasteiger partial charge in [0.2, 0.25) is 5.91 Å². The molecule has 2 rings (SSSR count). The Bertz CT molecular complexity index is 659. The molecule has 0 aliphatic carbocycles. The number of halogens is 3. The molecular formula is C21H33F2IN4O2. The second kappa shape index (κ2) is 14.4. The maximum absolute atomic E-state index is 12.3. The molecule has 1 aliphatic heterocycles. The van der Waals surface area contributed by atoms with Gasteiger partial charge in [0.05, 0.1) is 0 Å². The summed E-state index contributed by atoms with van der Waals surface area (Å²) in [5, 5.41) is 3.27. The van der Waals surface area contributed by atoms with Gasteiger partial charge in [-0.15, -0.1) is 24.0 Å². The van der Waals surface area contributed by atoms with E-state index < -0.39 is 6.61 Å². The fourth-order valence-corrected chi connectivity index (χ4v) is 3.32. The van der Waals surface area contributed by atoms with Crippen LogP contribution in [0.4, 0.5) is 8.78 Å². The zero-order chi connectivity index (χ0) is 21.1. The number of alkyl halides is 2. The molecule has 1 N–H and O–H groups in total. The highest BCUT2D eigenvalue weighted by atomic mass is 127. The molecule has 30 heavy (non-hydrogen) atoms. The van der Waals surface area contributed by atoms with Crippen LogP contribution in [0.3, 0.4) is 0 Å². The van der Waals surface area contributed by atoms with Gasteiger partial charge in [0.25, 0.3) is 0 Å². The van der Waals surface area contributed by atoms with E-state index in [1.54, 1.807) is 12.1 Å². The molecule has 0 spiro atoms. The van der Waals surface area contributed by atoms with Crippen molar-refractivity contribution in [3.63, 3.8) is 0 Å². The van der Waals surface area contributed by atoms with E-state index in [0.29, 0.717) is 19.5 Å². The van der Waals surface area contributed by atoms with Crippen molar-refractivity contribution in [3.05, 3.63) is 29.8 Å². The van der Waals surface area contributed by atoms with E-state index in [4.69, 9.17) is 0 Å². The average molecular weight is 538 g/mol. The maximum Gasteiger partial charge on any atom is 0.387 e. The van der Waals surface area contributed by atoms with Gasteiger partial charge in [-0.3, -0.25) is 9.79 Å². The monoisotopic (exact) mass is 538 g/mol. The summed E-state index contributed by atoms with van der Waals surface area (Å²) in [7, 11) is 1.93. The van der Waals surface area contributed by atoms with Gasteiger partial charge >= 0.3 is 6.61 Å².